The smallest absolute Gasteiger partial charge is 0.307 e. The SMILES string of the molecule is CC(C)c1csc(NC(=O)C2CC2C(=O)O)n1. The van der Waals surface area contributed by atoms with Crippen LogP contribution in [0.5, 0.6) is 0 Å². The van der Waals surface area contributed by atoms with Crippen LogP contribution in [-0.2, 0) is 9.59 Å². The van der Waals surface area contributed by atoms with E-state index in [1.165, 1.54) is 11.3 Å². The highest BCUT2D eigenvalue weighted by Gasteiger charge is 2.48. The van der Waals surface area contributed by atoms with Gasteiger partial charge in [-0.15, -0.1) is 11.3 Å². The third-order valence-electron chi connectivity index (χ3n) is 2.79. The minimum absolute atomic E-state index is 0.234. The topological polar surface area (TPSA) is 79.3 Å². The summed E-state index contributed by atoms with van der Waals surface area (Å²) < 4.78 is 0. The van der Waals surface area contributed by atoms with Crippen molar-refractivity contribution in [1.82, 2.24) is 4.98 Å². The molecule has 1 fully saturated rings. The summed E-state index contributed by atoms with van der Waals surface area (Å²) in [5.41, 5.74) is 0.941. The number of nitrogens with one attached hydrogen (secondary N) is 1. The normalized spacial score (nSPS) is 22.5. The summed E-state index contributed by atoms with van der Waals surface area (Å²) in [6.07, 6.45) is 0.434. The Morgan fingerprint density at radius 1 is 1.53 bits per heavy atom. The van der Waals surface area contributed by atoms with Gasteiger partial charge in [-0.2, -0.15) is 0 Å². The Bertz CT molecular complexity index is 455. The highest BCUT2D eigenvalue weighted by Crippen LogP contribution is 2.39. The Balaban J connectivity index is 1.93. The second kappa shape index (κ2) is 4.44. The number of rotatable bonds is 4. The Kier molecular flexibility index (Phi) is 3.15. The van der Waals surface area contributed by atoms with Crippen LogP contribution in [0.25, 0.3) is 0 Å². The predicted molar refractivity (Wildman–Crippen MR) is 64.1 cm³/mol. The zero-order chi connectivity index (χ0) is 12.6. The minimum Gasteiger partial charge on any atom is -0.481 e. The van der Waals surface area contributed by atoms with Crippen LogP contribution in [0.3, 0.4) is 0 Å². The van der Waals surface area contributed by atoms with Gasteiger partial charge in [-0.05, 0) is 12.3 Å². The first-order chi connectivity index (χ1) is 7.99. The molecule has 1 saturated carbocycles. The number of carboxylic acid groups (broad SMARTS) is 1. The van der Waals surface area contributed by atoms with Crippen LogP contribution in [0.1, 0.15) is 31.9 Å². The molecular weight excluding hydrogens is 240 g/mol. The molecular formula is C11H14N2O3S. The maximum atomic E-state index is 11.7. The van der Waals surface area contributed by atoms with Gasteiger partial charge in [0.25, 0.3) is 0 Å². The molecule has 0 aromatic carbocycles. The van der Waals surface area contributed by atoms with Crippen molar-refractivity contribution in [3.8, 4) is 0 Å². The number of hydrogen-bond acceptors (Lipinski definition) is 4. The number of aromatic nitrogens is 1. The largest absolute Gasteiger partial charge is 0.481 e. The zero-order valence-corrected chi connectivity index (χ0v) is 10.5. The lowest BCUT2D eigenvalue weighted by molar-refractivity contribution is -0.139. The van der Waals surface area contributed by atoms with E-state index in [4.69, 9.17) is 5.11 Å². The maximum absolute atomic E-state index is 11.7. The Morgan fingerprint density at radius 2 is 2.24 bits per heavy atom. The molecule has 2 unspecified atom stereocenters. The van der Waals surface area contributed by atoms with Crippen LogP contribution in [0.2, 0.25) is 0 Å². The molecule has 0 spiro atoms. The van der Waals surface area contributed by atoms with Gasteiger partial charge >= 0.3 is 5.97 Å². The molecule has 2 rings (SSSR count). The maximum Gasteiger partial charge on any atom is 0.307 e. The van der Waals surface area contributed by atoms with Gasteiger partial charge in [0, 0.05) is 5.38 Å². The number of aliphatic carboxylic acids is 1. The first kappa shape index (κ1) is 12.0. The number of carbonyl (C=O) groups is 2. The van der Waals surface area contributed by atoms with E-state index in [0.717, 1.165) is 5.69 Å². The lowest BCUT2D eigenvalue weighted by Crippen LogP contribution is -2.16. The van der Waals surface area contributed by atoms with Gasteiger partial charge in [0.05, 0.1) is 17.5 Å². The Morgan fingerprint density at radius 3 is 2.71 bits per heavy atom. The number of anilines is 1. The van der Waals surface area contributed by atoms with Crippen molar-refractivity contribution in [2.24, 2.45) is 11.8 Å². The van der Waals surface area contributed by atoms with Gasteiger partial charge in [-0.1, -0.05) is 13.8 Å². The van der Waals surface area contributed by atoms with Crippen molar-refractivity contribution in [2.75, 3.05) is 5.32 Å². The number of hydrogen-bond donors (Lipinski definition) is 2. The van der Waals surface area contributed by atoms with E-state index < -0.39 is 11.9 Å². The van der Waals surface area contributed by atoms with E-state index in [0.29, 0.717) is 17.5 Å². The second-order valence-electron chi connectivity index (χ2n) is 4.51. The molecule has 2 atom stereocenters. The highest BCUT2D eigenvalue weighted by atomic mass is 32.1. The average molecular weight is 254 g/mol. The van der Waals surface area contributed by atoms with Gasteiger partial charge in [-0.25, -0.2) is 4.98 Å². The second-order valence-corrected chi connectivity index (χ2v) is 5.37. The summed E-state index contributed by atoms with van der Waals surface area (Å²) in [5.74, 6) is -1.71. The van der Waals surface area contributed by atoms with Gasteiger partial charge in [0.1, 0.15) is 0 Å². The molecule has 92 valence electrons. The van der Waals surface area contributed by atoms with E-state index in [9.17, 15) is 9.59 Å². The van der Waals surface area contributed by atoms with Crippen LogP contribution >= 0.6 is 11.3 Å². The molecule has 1 heterocycles. The Hall–Kier alpha value is -1.43. The average Bonchev–Trinajstić information content (AvgIpc) is 2.93. The molecule has 0 radical (unpaired) electrons. The fourth-order valence-electron chi connectivity index (χ4n) is 1.56. The van der Waals surface area contributed by atoms with Gasteiger partial charge in [-0.3, -0.25) is 9.59 Å². The first-order valence-corrected chi connectivity index (χ1v) is 6.36. The van der Waals surface area contributed by atoms with Crippen LogP contribution in [-0.4, -0.2) is 22.0 Å². The van der Waals surface area contributed by atoms with Crippen molar-refractivity contribution in [3.63, 3.8) is 0 Å². The summed E-state index contributed by atoms with van der Waals surface area (Å²) >= 11 is 1.37. The molecule has 5 nitrogen and oxygen atoms in total. The number of nitrogens with zero attached hydrogens (tertiary/aromatic N) is 1. The fourth-order valence-corrected chi connectivity index (χ4v) is 2.44. The highest BCUT2D eigenvalue weighted by molar-refractivity contribution is 7.13. The third kappa shape index (κ3) is 2.63. The summed E-state index contributed by atoms with van der Waals surface area (Å²) in [7, 11) is 0. The van der Waals surface area contributed by atoms with E-state index in [1.54, 1.807) is 0 Å². The van der Waals surface area contributed by atoms with E-state index >= 15 is 0 Å². The monoisotopic (exact) mass is 254 g/mol. The van der Waals surface area contributed by atoms with Crippen LogP contribution in [0, 0.1) is 11.8 Å². The van der Waals surface area contributed by atoms with E-state index in [2.05, 4.69) is 10.3 Å². The molecule has 0 aliphatic heterocycles. The number of amides is 1. The van der Waals surface area contributed by atoms with Crippen molar-refractivity contribution in [3.05, 3.63) is 11.1 Å². The third-order valence-corrected chi connectivity index (χ3v) is 3.56. The number of carbonyl (C=O) groups excluding carboxylic acids is 1. The van der Waals surface area contributed by atoms with Gasteiger partial charge in [0.2, 0.25) is 5.91 Å². The van der Waals surface area contributed by atoms with Crippen LogP contribution in [0.4, 0.5) is 5.13 Å². The molecule has 1 amide bonds. The first-order valence-electron chi connectivity index (χ1n) is 5.48. The van der Waals surface area contributed by atoms with Crippen molar-refractivity contribution in [2.45, 2.75) is 26.2 Å². The molecule has 0 bridgehead atoms. The van der Waals surface area contributed by atoms with Crippen molar-refractivity contribution >= 4 is 28.3 Å². The zero-order valence-electron chi connectivity index (χ0n) is 9.64. The summed E-state index contributed by atoms with van der Waals surface area (Å²) in [5, 5.41) is 13.8. The molecule has 2 N–H and O–H groups in total. The lowest BCUT2D eigenvalue weighted by atomic mass is 10.2. The molecule has 6 heteroatoms. The van der Waals surface area contributed by atoms with Crippen molar-refractivity contribution < 1.29 is 14.7 Å². The fraction of sp³-hybridized carbons (Fsp3) is 0.545. The van der Waals surface area contributed by atoms with Gasteiger partial charge in [0.15, 0.2) is 5.13 Å². The molecule has 17 heavy (non-hydrogen) atoms. The lowest BCUT2D eigenvalue weighted by Gasteiger charge is -2.00. The molecule has 1 aliphatic rings. The minimum atomic E-state index is -0.896. The number of thiazole rings is 1. The van der Waals surface area contributed by atoms with Crippen molar-refractivity contribution in [1.29, 1.82) is 0 Å². The van der Waals surface area contributed by atoms with Gasteiger partial charge < -0.3 is 10.4 Å². The molecule has 1 aromatic heterocycles. The predicted octanol–water partition coefficient (Wildman–Crippen LogP) is 1.93. The van der Waals surface area contributed by atoms with E-state index in [1.807, 2.05) is 19.2 Å². The molecule has 1 aromatic rings. The van der Waals surface area contributed by atoms with Crippen LogP contribution < -0.4 is 5.32 Å². The molecule has 0 saturated heterocycles. The van der Waals surface area contributed by atoms with E-state index in [-0.39, 0.29) is 11.8 Å². The standard InChI is InChI=1S/C11H14N2O3S/c1-5(2)8-4-17-11(12-8)13-9(14)6-3-7(6)10(15)16/h4-7H,3H2,1-2H3,(H,15,16)(H,12,13,14). The Labute approximate surface area is 103 Å². The quantitative estimate of drug-likeness (QED) is 0.860. The summed E-state index contributed by atoms with van der Waals surface area (Å²) in [6.45, 7) is 4.06. The molecule has 1 aliphatic carbocycles. The summed E-state index contributed by atoms with van der Waals surface area (Å²) in [6, 6.07) is 0. The summed E-state index contributed by atoms with van der Waals surface area (Å²) in [4.78, 5) is 26.6. The number of carboxylic acids is 1. The van der Waals surface area contributed by atoms with Crippen LogP contribution in [0.15, 0.2) is 5.38 Å².